The molecule has 0 fully saturated rings. The van der Waals surface area contributed by atoms with Crippen LogP contribution in [0.2, 0.25) is 0 Å². The van der Waals surface area contributed by atoms with Crippen molar-refractivity contribution in [3.63, 3.8) is 0 Å². The summed E-state index contributed by atoms with van der Waals surface area (Å²) in [5.41, 5.74) is 0. The predicted octanol–water partition coefficient (Wildman–Crippen LogP) is 2.29. The van der Waals surface area contributed by atoms with Crippen LogP contribution in [0, 0.1) is 5.92 Å². The van der Waals surface area contributed by atoms with Gasteiger partial charge in [0.1, 0.15) is 5.75 Å². The quantitative estimate of drug-likeness (QED) is 0.652. The maximum Gasteiger partial charge on any atom is 0.141 e. The first-order chi connectivity index (χ1) is 6.29. The van der Waals surface area contributed by atoms with Crippen molar-refractivity contribution in [2.75, 3.05) is 6.61 Å². The Morgan fingerprint density at radius 3 is 2.85 bits per heavy atom. The molecule has 0 N–H and O–H groups in total. The van der Waals surface area contributed by atoms with Crippen molar-refractivity contribution in [1.29, 1.82) is 0 Å². The number of nitrogens with zero attached hydrogens (tertiary/aromatic N) is 2. The smallest absolute Gasteiger partial charge is 0.141 e. The summed E-state index contributed by atoms with van der Waals surface area (Å²) < 4.78 is 5.45. The summed E-state index contributed by atoms with van der Waals surface area (Å²) in [6, 6.07) is 1.82. The fraction of sp³-hybridized carbons (Fsp3) is 0.600. The Morgan fingerprint density at radius 2 is 2.23 bits per heavy atom. The van der Waals surface area contributed by atoms with Gasteiger partial charge in [0, 0.05) is 6.07 Å². The normalized spacial score (nSPS) is 10.4. The molecule has 1 heterocycles. The molecular formula is C10H16N2O. The summed E-state index contributed by atoms with van der Waals surface area (Å²) in [7, 11) is 0. The summed E-state index contributed by atoms with van der Waals surface area (Å²) in [6.07, 6.45) is 5.58. The fourth-order valence-corrected chi connectivity index (χ4v) is 1.05. The fourth-order valence-electron chi connectivity index (χ4n) is 1.05. The van der Waals surface area contributed by atoms with E-state index in [4.69, 9.17) is 4.74 Å². The third kappa shape index (κ3) is 4.45. The minimum atomic E-state index is 0.749. The highest BCUT2D eigenvalue weighted by Crippen LogP contribution is 2.08. The van der Waals surface area contributed by atoms with Crippen LogP contribution in [0.15, 0.2) is 18.5 Å². The van der Waals surface area contributed by atoms with Crippen LogP contribution in [0.1, 0.15) is 26.7 Å². The second-order valence-electron chi connectivity index (χ2n) is 3.46. The van der Waals surface area contributed by atoms with Crippen LogP contribution in [0.3, 0.4) is 0 Å². The minimum Gasteiger partial charge on any atom is -0.492 e. The van der Waals surface area contributed by atoms with E-state index in [0.29, 0.717) is 0 Å². The molecule has 0 unspecified atom stereocenters. The molecule has 0 aliphatic rings. The van der Waals surface area contributed by atoms with E-state index in [2.05, 4.69) is 24.0 Å². The van der Waals surface area contributed by atoms with Crippen LogP contribution in [-0.2, 0) is 0 Å². The molecule has 0 aliphatic heterocycles. The molecule has 0 aromatic carbocycles. The van der Waals surface area contributed by atoms with Gasteiger partial charge in [-0.2, -0.15) is 10.2 Å². The average Bonchev–Trinajstić information content (AvgIpc) is 2.14. The lowest BCUT2D eigenvalue weighted by Crippen LogP contribution is -1.99. The first-order valence-corrected chi connectivity index (χ1v) is 4.68. The highest BCUT2D eigenvalue weighted by Gasteiger charge is 1.95. The molecule has 0 bridgehead atoms. The Labute approximate surface area is 79.1 Å². The second-order valence-corrected chi connectivity index (χ2v) is 3.46. The van der Waals surface area contributed by atoms with Crippen LogP contribution in [0.25, 0.3) is 0 Å². The van der Waals surface area contributed by atoms with Gasteiger partial charge in [-0.05, 0) is 18.8 Å². The number of ether oxygens (including phenoxy) is 1. The first-order valence-electron chi connectivity index (χ1n) is 4.68. The van der Waals surface area contributed by atoms with Crippen molar-refractivity contribution in [1.82, 2.24) is 10.2 Å². The van der Waals surface area contributed by atoms with E-state index in [1.165, 1.54) is 6.42 Å². The third-order valence-corrected chi connectivity index (χ3v) is 1.75. The maximum absolute atomic E-state index is 5.45. The molecule has 72 valence electrons. The number of rotatable bonds is 5. The molecule has 0 atom stereocenters. The van der Waals surface area contributed by atoms with Crippen molar-refractivity contribution < 1.29 is 4.74 Å². The van der Waals surface area contributed by atoms with Crippen molar-refractivity contribution in [2.24, 2.45) is 5.92 Å². The van der Waals surface area contributed by atoms with Gasteiger partial charge in [-0.3, -0.25) is 0 Å². The number of aromatic nitrogens is 2. The molecule has 3 nitrogen and oxygen atoms in total. The van der Waals surface area contributed by atoms with Crippen LogP contribution in [0.4, 0.5) is 0 Å². The van der Waals surface area contributed by atoms with E-state index in [1.54, 1.807) is 12.4 Å². The summed E-state index contributed by atoms with van der Waals surface area (Å²) in [5, 5.41) is 7.40. The van der Waals surface area contributed by atoms with E-state index < -0.39 is 0 Å². The van der Waals surface area contributed by atoms with E-state index in [-0.39, 0.29) is 0 Å². The van der Waals surface area contributed by atoms with Gasteiger partial charge in [0.05, 0.1) is 19.0 Å². The molecule has 0 saturated heterocycles. The van der Waals surface area contributed by atoms with Gasteiger partial charge in [-0.25, -0.2) is 0 Å². The molecule has 1 rings (SSSR count). The van der Waals surface area contributed by atoms with Crippen molar-refractivity contribution in [3.8, 4) is 5.75 Å². The zero-order valence-corrected chi connectivity index (χ0v) is 8.23. The van der Waals surface area contributed by atoms with Crippen LogP contribution in [0.5, 0.6) is 5.75 Å². The molecule has 1 aromatic heterocycles. The maximum atomic E-state index is 5.45. The van der Waals surface area contributed by atoms with E-state index in [9.17, 15) is 0 Å². The van der Waals surface area contributed by atoms with Gasteiger partial charge in [0.25, 0.3) is 0 Å². The van der Waals surface area contributed by atoms with Gasteiger partial charge < -0.3 is 4.74 Å². The van der Waals surface area contributed by atoms with Gasteiger partial charge >= 0.3 is 0 Å². The van der Waals surface area contributed by atoms with E-state index in [0.717, 1.165) is 24.7 Å². The molecule has 3 heteroatoms. The Morgan fingerprint density at radius 1 is 1.38 bits per heavy atom. The van der Waals surface area contributed by atoms with Crippen LogP contribution >= 0.6 is 0 Å². The Hall–Kier alpha value is -1.12. The molecule has 1 aromatic rings. The topological polar surface area (TPSA) is 35.0 Å². The largest absolute Gasteiger partial charge is 0.492 e. The molecule has 0 spiro atoms. The molecule has 13 heavy (non-hydrogen) atoms. The van der Waals surface area contributed by atoms with Gasteiger partial charge in [0.2, 0.25) is 0 Å². The molecule has 0 amide bonds. The third-order valence-electron chi connectivity index (χ3n) is 1.75. The van der Waals surface area contributed by atoms with Gasteiger partial charge in [-0.15, -0.1) is 0 Å². The Kier molecular flexibility index (Phi) is 4.23. The summed E-state index contributed by atoms with van der Waals surface area (Å²) >= 11 is 0. The molecule has 0 aliphatic carbocycles. The van der Waals surface area contributed by atoms with Crippen LogP contribution < -0.4 is 4.74 Å². The van der Waals surface area contributed by atoms with Crippen LogP contribution in [-0.4, -0.2) is 16.8 Å². The van der Waals surface area contributed by atoms with E-state index in [1.807, 2.05) is 6.07 Å². The highest BCUT2D eigenvalue weighted by atomic mass is 16.5. The van der Waals surface area contributed by atoms with E-state index >= 15 is 0 Å². The summed E-state index contributed by atoms with van der Waals surface area (Å²) in [6.45, 7) is 5.20. The second kappa shape index (κ2) is 5.51. The zero-order valence-electron chi connectivity index (χ0n) is 8.23. The standard InChI is InChI=1S/C10H16N2O/c1-9(2)4-3-7-13-10-5-6-11-12-8-10/h5-6,8-9H,3-4,7H2,1-2H3. The van der Waals surface area contributed by atoms with Crippen molar-refractivity contribution in [3.05, 3.63) is 18.5 Å². The monoisotopic (exact) mass is 180 g/mol. The van der Waals surface area contributed by atoms with Gasteiger partial charge in [-0.1, -0.05) is 13.8 Å². The minimum absolute atomic E-state index is 0.749. The molecule has 0 saturated carbocycles. The lowest BCUT2D eigenvalue weighted by Gasteiger charge is -2.06. The van der Waals surface area contributed by atoms with Crippen molar-refractivity contribution >= 4 is 0 Å². The number of hydrogen-bond acceptors (Lipinski definition) is 3. The zero-order chi connectivity index (χ0) is 9.52. The summed E-state index contributed by atoms with van der Waals surface area (Å²) in [4.78, 5) is 0. The average molecular weight is 180 g/mol. The predicted molar refractivity (Wildman–Crippen MR) is 51.6 cm³/mol. The highest BCUT2D eigenvalue weighted by molar-refractivity contribution is 5.12. The Balaban J connectivity index is 2.13. The van der Waals surface area contributed by atoms with Crippen molar-refractivity contribution in [2.45, 2.75) is 26.7 Å². The number of hydrogen-bond donors (Lipinski definition) is 0. The summed E-state index contributed by atoms with van der Waals surface area (Å²) in [5.74, 6) is 1.55. The first kappa shape index (κ1) is 9.96. The lowest BCUT2D eigenvalue weighted by atomic mass is 10.1. The lowest BCUT2D eigenvalue weighted by molar-refractivity contribution is 0.296. The SMILES string of the molecule is CC(C)CCCOc1ccnnc1. The van der Waals surface area contributed by atoms with Gasteiger partial charge in [0.15, 0.2) is 0 Å². The Bertz CT molecular complexity index is 224. The molecule has 0 radical (unpaired) electrons. The molecular weight excluding hydrogens is 164 g/mol.